The third kappa shape index (κ3) is 4.24. The van der Waals surface area contributed by atoms with Crippen molar-refractivity contribution in [2.45, 2.75) is 11.6 Å². The van der Waals surface area contributed by atoms with Gasteiger partial charge in [-0.1, -0.05) is 48.2 Å². The van der Waals surface area contributed by atoms with Gasteiger partial charge >= 0.3 is 0 Å². The maximum atomic E-state index is 11.9. The molecular formula is C17H18N4OS2. The van der Waals surface area contributed by atoms with Gasteiger partial charge in [0.05, 0.1) is 5.75 Å². The monoisotopic (exact) mass is 358 g/mol. The first-order valence-corrected chi connectivity index (χ1v) is 9.47. The highest BCUT2D eigenvalue weighted by molar-refractivity contribution is 7.99. The van der Waals surface area contributed by atoms with Crippen LogP contribution in [0.4, 0.5) is 0 Å². The topological polar surface area (TPSA) is 59.8 Å². The Balaban J connectivity index is 1.50. The zero-order valence-electron chi connectivity index (χ0n) is 13.3. The summed E-state index contributed by atoms with van der Waals surface area (Å²) in [5.41, 5.74) is 1.01. The van der Waals surface area contributed by atoms with E-state index in [4.69, 9.17) is 0 Å². The molecule has 1 amide bonds. The van der Waals surface area contributed by atoms with Crippen molar-refractivity contribution in [3.05, 3.63) is 52.7 Å². The van der Waals surface area contributed by atoms with Crippen molar-refractivity contribution in [2.75, 3.05) is 12.3 Å². The summed E-state index contributed by atoms with van der Waals surface area (Å²) in [5, 5.41) is 14.1. The fourth-order valence-corrected chi connectivity index (χ4v) is 3.69. The van der Waals surface area contributed by atoms with E-state index < -0.39 is 0 Å². The van der Waals surface area contributed by atoms with Crippen molar-refractivity contribution in [3.63, 3.8) is 0 Å². The molecule has 1 aromatic carbocycles. The molecule has 0 spiro atoms. The summed E-state index contributed by atoms with van der Waals surface area (Å²) < 4.78 is 1.92. The molecule has 0 aliphatic carbocycles. The Hall–Kier alpha value is -2.12. The Kier molecular flexibility index (Phi) is 5.66. The lowest BCUT2D eigenvalue weighted by Gasteiger charge is -2.05. The molecule has 7 heteroatoms. The molecule has 2 heterocycles. The Morgan fingerprint density at radius 3 is 2.79 bits per heavy atom. The van der Waals surface area contributed by atoms with Crippen molar-refractivity contribution in [1.82, 2.24) is 20.1 Å². The molecule has 2 aromatic heterocycles. The van der Waals surface area contributed by atoms with Crippen LogP contribution < -0.4 is 5.32 Å². The maximum absolute atomic E-state index is 11.9. The first-order valence-electron chi connectivity index (χ1n) is 7.61. The van der Waals surface area contributed by atoms with E-state index >= 15 is 0 Å². The smallest absolute Gasteiger partial charge is 0.230 e. The van der Waals surface area contributed by atoms with E-state index in [0.717, 1.165) is 23.0 Å². The average Bonchev–Trinajstić information content (AvgIpc) is 3.24. The van der Waals surface area contributed by atoms with Crippen molar-refractivity contribution in [2.24, 2.45) is 7.05 Å². The Morgan fingerprint density at radius 1 is 1.21 bits per heavy atom. The number of rotatable bonds is 7. The predicted molar refractivity (Wildman–Crippen MR) is 98.2 cm³/mol. The first-order chi connectivity index (χ1) is 11.7. The molecule has 0 radical (unpaired) electrons. The van der Waals surface area contributed by atoms with Crippen LogP contribution >= 0.6 is 23.1 Å². The second kappa shape index (κ2) is 8.12. The van der Waals surface area contributed by atoms with Gasteiger partial charge in [-0.2, -0.15) is 0 Å². The number of nitrogens with one attached hydrogen (secondary N) is 1. The van der Waals surface area contributed by atoms with E-state index in [-0.39, 0.29) is 5.91 Å². The summed E-state index contributed by atoms with van der Waals surface area (Å²) in [7, 11) is 1.92. The number of benzene rings is 1. The molecule has 5 nitrogen and oxygen atoms in total. The van der Waals surface area contributed by atoms with Crippen LogP contribution in [0.1, 0.15) is 4.88 Å². The lowest BCUT2D eigenvalue weighted by atomic mass is 10.2. The summed E-state index contributed by atoms with van der Waals surface area (Å²) in [6, 6.07) is 14.0. The number of carbonyl (C=O) groups is 1. The number of thioether (sulfide) groups is 1. The minimum Gasteiger partial charge on any atom is -0.355 e. The fourth-order valence-electron chi connectivity index (χ4n) is 2.24. The third-order valence-electron chi connectivity index (χ3n) is 3.47. The van der Waals surface area contributed by atoms with Crippen molar-refractivity contribution in [3.8, 4) is 11.4 Å². The summed E-state index contributed by atoms with van der Waals surface area (Å²) in [6.07, 6.45) is 0.871. The maximum Gasteiger partial charge on any atom is 0.230 e. The van der Waals surface area contributed by atoms with Crippen molar-refractivity contribution >= 4 is 29.0 Å². The normalized spacial score (nSPS) is 10.7. The van der Waals surface area contributed by atoms with Gasteiger partial charge in [0.2, 0.25) is 5.91 Å². The largest absolute Gasteiger partial charge is 0.355 e. The third-order valence-corrected chi connectivity index (χ3v) is 5.43. The van der Waals surface area contributed by atoms with Gasteiger partial charge in [-0.15, -0.1) is 21.5 Å². The second-order valence-electron chi connectivity index (χ2n) is 5.20. The Labute approximate surface area is 149 Å². The number of hydrogen-bond acceptors (Lipinski definition) is 5. The van der Waals surface area contributed by atoms with E-state index in [1.807, 2.05) is 53.4 Å². The van der Waals surface area contributed by atoms with Gasteiger partial charge in [0.25, 0.3) is 0 Å². The SMILES string of the molecule is Cn1c(SCC(=O)NCCc2cccs2)nnc1-c1ccccc1. The quantitative estimate of drug-likeness (QED) is 0.660. The molecular weight excluding hydrogens is 340 g/mol. The number of hydrogen-bond donors (Lipinski definition) is 1. The first kappa shape index (κ1) is 16.7. The molecule has 3 aromatic rings. The molecule has 0 unspecified atom stereocenters. The number of aromatic nitrogens is 3. The van der Waals surface area contributed by atoms with Crippen LogP contribution in [0, 0.1) is 0 Å². The molecule has 24 heavy (non-hydrogen) atoms. The van der Waals surface area contributed by atoms with Crippen molar-refractivity contribution in [1.29, 1.82) is 0 Å². The lowest BCUT2D eigenvalue weighted by Crippen LogP contribution is -2.27. The Morgan fingerprint density at radius 2 is 2.04 bits per heavy atom. The summed E-state index contributed by atoms with van der Waals surface area (Å²) in [5.74, 6) is 1.16. The molecule has 0 saturated heterocycles. The van der Waals surface area contributed by atoms with Gasteiger partial charge in [-0.05, 0) is 17.9 Å². The minimum atomic E-state index is 0.0146. The number of nitrogens with zero attached hydrogens (tertiary/aromatic N) is 3. The summed E-state index contributed by atoms with van der Waals surface area (Å²) in [6.45, 7) is 0.661. The minimum absolute atomic E-state index is 0.0146. The molecule has 0 aliphatic rings. The van der Waals surface area contributed by atoms with Crippen molar-refractivity contribution < 1.29 is 4.79 Å². The van der Waals surface area contributed by atoms with E-state index in [1.54, 1.807) is 11.3 Å². The molecule has 0 fully saturated rings. The molecule has 0 aliphatic heterocycles. The second-order valence-corrected chi connectivity index (χ2v) is 7.17. The lowest BCUT2D eigenvalue weighted by molar-refractivity contribution is -0.118. The molecule has 0 saturated carbocycles. The van der Waals surface area contributed by atoms with Crippen LogP contribution in [0.3, 0.4) is 0 Å². The zero-order valence-corrected chi connectivity index (χ0v) is 14.9. The number of amides is 1. The molecule has 124 valence electrons. The number of thiophene rings is 1. The van der Waals surface area contributed by atoms with E-state index in [2.05, 4.69) is 21.6 Å². The Bertz CT molecular complexity index is 784. The molecule has 3 rings (SSSR count). The van der Waals surface area contributed by atoms with E-state index in [9.17, 15) is 4.79 Å². The standard InChI is InChI=1S/C17H18N4OS2/c1-21-16(13-6-3-2-4-7-13)19-20-17(21)24-12-15(22)18-10-9-14-8-5-11-23-14/h2-8,11H,9-10,12H2,1H3,(H,18,22). The van der Waals surface area contributed by atoms with Gasteiger partial charge in [0, 0.05) is 24.0 Å². The van der Waals surface area contributed by atoms with E-state index in [0.29, 0.717) is 12.3 Å². The van der Waals surface area contributed by atoms with Crippen LogP contribution in [-0.4, -0.2) is 33.0 Å². The van der Waals surface area contributed by atoms with Gasteiger partial charge in [-0.3, -0.25) is 4.79 Å². The molecule has 0 atom stereocenters. The highest BCUT2D eigenvalue weighted by Crippen LogP contribution is 2.22. The summed E-state index contributed by atoms with van der Waals surface area (Å²) >= 11 is 3.11. The molecule has 1 N–H and O–H groups in total. The highest BCUT2D eigenvalue weighted by Gasteiger charge is 2.12. The molecule has 0 bridgehead atoms. The average molecular weight is 358 g/mol. The summed E-state index contributed by atoms with van der Waals surface area (Å²) in [4.78, 5) is 13.2. The highest BCUT2D eigenvalue weighted by atomic mass is 32.2. The van der Waals surface area contributed by atoms with Crippen LogP contribution in [0.2, 0.25) is 0 Å². The van der Waals surface area contributed by atoms with Crippen LogP contribution in [-0.2, 0) is 18.3 Å². The fraction of sp³-hybridized carbons (Fsp3) is 0.235. The van der Waals surface area contributed by atoms with Gasteiger partial charge < -0.3 is 9.88 Å². The van der Waals surface area contributed by atoms with Gasteiger partial charge in [0.1, 0.15) is 0 Å². The van der Waals surface area contributed by atoms with Crippen LogP contribution in [0.15, 0.2) is 53.0 Å². The van der Waals surface area contributed by atoms with E-state index in [1.165, 1.54) is 16.6 Å². The van der Waals surface area contributed by atoms with Crippen LogP contribution in [0.25, 0.3) is 11.4 Å². The van der Waals surface area contributed by atoms with Crippen LogP contribution in [0.5, 0.6) is 0 Å². The van der Waals surface area contributed by atoms with Gasteiger partial charge in [-0.25, -0.2) is 0 Å². The zero-order chi connectivity index (χ0) is 16.8. The number of carbonyl (C=O) groups excluding carboxylic acids is 1. The van der Waals surface area contributed by atoms with Gasteiger partial charge in [0.15, 0.2) is 11.0 Å². The predicted octanol–water partition coefficient (Wildman–Crippen LogP) is 2.99.